The Morgan fingerprint density at radius 1 is 1.39 bits per heavy atom. The summed E-state index contributed by atoms with van der Waals surface area (Å²) in [6.45, 7) is -0.375. The standard InChI is InChI=1S/C11H16N2O5/c1-12-8-5-9(15)7(6-10(8)17-2)13-11(16)18-4-3-14/h5-6,12,14-15H,3-4H2,1-2H3,(H,13,16). The van der Waals surface area contributed by atoms with E-state index in [2.05, 4.69) is 15.4 Å². The highest BCUT2D eigenvalue weighted by Gasteiger charge is 2.12. The minimum absolute atomic E-state index is 0.113. The number of phenols is 1. The Balaban J connectivity index is 2.85. The summed E-state index contributed by atoms with van der Waals surface area (Å²) in [4.78, 5) is 11.3. The molecule has 0 atom stereocenters. The molecule has 0 heterocycles. The summed E-state index contributed by atoms with van der Waals surface area (Å²) in [6, 6.07) is 2.88. The Morgan fingerprint density at radius 2 is 2.11 bits per heavy atom. The molecule has 0 aromatic heterocycles. The maximum Gasteiger partial charge on any atom is 0.411 e. The second-order valence-corrected chi connectivity index (χ2v) is 3.30. The van der Waals surface area contributed by atoms with Crippen molar-refractivity contribution in [2.45, 2.75) is 0 Å². The number of aliphatic hydroxyl groups is 1. The number of ether oxygens (including phenoxy) is 2. The fourth-order valence-corrected chi connectivity index (χ4v) is 1.32. The molecule has 1 aromatic carbocycles. The van der Waals surface area contributed by atoms with Gasteiger partial charge in [0.2, 0.25) is 0 Å². The Morgan fingerprint density at radius 3 is 2.67 bits per heavy atom. The lowest BCUT2D eigenvalue weighted by atomic mass is 10.2. The van der Waals surface area contributed by atoms with Gasteiger partial charge in [-0.3, -0.25) is 5.32 Å². The first-order valence-corrected chi connectivity index (χ1v) is 5.25. The average Bonchev–Trinajstić information content (AvgIpc) is 2.38. The van der Waals surface area contributed by atoms with Gasteiger partial charge >= 0.3 is 6.09 Å². The minimum atomic E-state index is -0.765. The van der Waals surface area contributed by atoms with Crippen molar-refractivity contribution in [2.24, 2.45) is 0 Å². The molecular weight excluding hydrogens is 240 g/mol. The molecule has 0 aliphatic rings. The van der Waals surface area contributed by atoms with Crippen LogP contribution in [0.2, 0.25) is 0 Å². The zero-order chi connectivity index (χ0) is 13.5. The van der Waals surface area contributed by atoms with Gasteiger partial charge in [0.25, 0.3) is 0 Å². The van der Waals surface area contributed by atoms with E-state index in [0.717, 1.165) is 0 Å². The van der Waals surface area contributed by atoms with Crippen LogP contribution in [0, 0.1) is 0 Å². The number of methoxy groups -OCH3 is 1. The Bertz CT molecular complexity index is 422. The Kier molecular flexibility index (Phi) is 5.06. The molecule has 0 spiro atoms. The Hall–Kier alpha value is -2.15. The molecular formula is C11H16N2O5. The number of benzene rings is 1. The normalized spacial score (nSPS) is 9.72. The van der Waals surface area contributed by atoms with Gasteiger partial charge in [-0.2, -0.15) is 0 Å². The van der Waals surface area contributed by atoms with E-state index in [1.807, 2.05) is 0 Å². The quantitative estimate of drug-likeness (QED) is 0.586. The van der Waals surface area contributed by atoms with Gasteiger partial charge in [0.15, 0.2) is 0 Å². The summed E-state index contributed by atoms with van der Waals surface area (Å²) in [5, 5.41) is 23.4. The van der Waals surface area contributed by atoms with Crippen LogP contribution in [0.25, 0.3) is 0 Å². The molecule has 0 bridgehead atoms. The number of hydrogen-bond donors (Lipinski definition) is 4. The van der Waals surface area contributed by atoms with E-state index < -0.39 is 6.09 Å². The van der Waals surface area contributed by atoms with Gasteiger partial charge in [-0.1, -0.05) is 0 Å². The average molecular weight is 256 g/mol. The number of hydrogen-bond acceptors (Lipinski definition) is 6. The molecule has 100 valence electrons. The monoisotopic (exact) mass is 256 g/mol. The van der Waals surface area contributed by atoms with Crippen molar-refractivity contribution in [1.29, 1.82) is 0 Å². The van der Waals surface area contributed by atoms with Crippen LogP contribution in [0.15, 0.2) is 12.1 Å². The van der Waals surface area contributed by atoms with E-state index in [-0.39, 0.29) is 24.7 Å². The number of anilines is 2. The first-order chi connectivity index (χ1) is 8.62. The molecule has 4 N–H and O–H groups in total. The van der Waals surface area contributed by atoms with Crippen molar-refractivity contribution in [1.82, 2.24) is 0 Å². The molecule has 7 heteroatoms. The van der Waals surface area contributed by atoms with Crippen LogP contribution >= 0.6 is 0 Å². The third-order valence-corrected chi connectivity index (χ3v) is 2.15. The zero-order valence-electron chi connectivity index (χ0n) is 10.2. The molecule has 1 amide bonds. The van der Waals surface area contributed by atoms with E-state index in [4.69, 9.17) is 9.84 Å². The van der Waals surface area contributed by atoms with E-state index in [9.17, 15) is 9.90 Å². The van der Waals surface area contributed by atoms with Crippen LogP contribution in [-0.4, -0.2) is 43.7 Å². The third kappa shape index (κ3) is 3.42. The number of nitrogens with one attached hydrogen (secondary N) is 2. The molecule has 1 rings (SSSR count). The topological polar surface area (TPSA) is 100 Å². The largest absolute Gasteiger partial charge is 0.506 e. The lowest BCUT2D eigenvalue weighted by Crippen LogP contribution is -2.16. The Labute approximate surface area is 104 Å². The van der Waals surface area contributed by atoms with Crippen LogP contribution in [0.4, 0.5) is 16.2 Å². The van der Waals surface area contributed by atoms with Gasteiger partial charge in [-0.15, -0.1) is 0 Å². The van der Waals surface area contributed by atoms with Crippen LogP contribution < -0.4 is 15.4 Å². The molecule has 7 nitrogen and oxygen atoms in total. The predicted molar refractivity (Wildman–Crippen MR) is 66.3 cm³/mol. The highest BCUT2D eigenvalue weighted by molar-refractivity contribution is 5.88. The number of carbonyl (C=O) groups is 1. The van der Waals surface area contributed by atoms with Crippen molar-refractivity contribution in [3.05, 3.63) is 12.1 Å². The smallest absolute Gasteiger partial charge is 0.411 e. The number of aromatic hydroxyl groups is 1. The second kappa shape index (κ2) is 6.55. The van der Waals surface area contributed by atoms with Crippen molar-refractivity contribution in [3.63, 3.8) is 0 Å². The number of amides is 1. The van der Waals surface area contributed by atoms with Crippen LogP contribution in [0.5, 0.6) is 11.5 Å². The SMILES string of the molecule is CNc1cc(O)c(NC(=O)OCCO)cc1OC. The number of carbonyl (C=O) groups excluding carboxylic acids is 1. The van der Waals surface area contributed by atoms with E-state index >= 15 is 0 Å². The van der Waals surface area contributed by atoms with Crippen LogP contribution in [0.3, 0.4) is 0 Å². The summed E-state index contributed by atoms with van der Waals surface area (Å²) in [6.07, 6.45) is -0.765. The summed E-state index contributed by atoms with van der Waals surface area (Å²) in [7, 11) is 3.15. The lowest BCUT2D eigenvalue weighted by Gasteiger charge is -2.13. The second-order valence-electron chi connectivity index (χ2n) is 3.30. The molecule has 18 heavy (non-hydrogen) atoms. The number of aliphatic hydroxyl groups excluding tert-OH is 1. The fraction of sp³-hybridized carbons (Fsp3) is 0.364. The molecule has 1 aromatic rings. The zero-order valence-corrected chi connectivity index (χ0v) is 10.2. The van der Waals surface area contributed by atoms with Gasteiger partial charge in [0.1, 0.15) is 18.1 Å². The summed E-state index contributed by atoms with van der Waals surface area (Å²) in [5.74, 6) is 0.342. The van der Waals surface area contributed by atoms with Gasteiger partial charge < -0.3 is 25.0 Å². The fourth-order valence-electron chi connectivity index (χ4n) is 1.32. The van der Waals surface area contributed by atoms with Gasteiger partial charge in [-0.05, 0) is 0 Å². The van der Waals surface area contributed by atoms with Crippen molar-refractivity contribution < 1.29 is 24.5 Å². The van der Waals surface area contributed by atoms with E-state index in [0.29, 0.717) is 11.4 Å². The summed E-state index contributed by atoms with van der Waals surface area (Å²) < 4.78 is 9.70. The molecule has 0 radical (unpaired) electrons. The molecule has 0 saturated heterocycles. The highest BCUT2D eigenvalue weighted by Crippen LogP contribution is 2.35. The van der Waals surface area contributed by atoms with Gasteiger partial charge in [-0.25, -0.2) is 4.79 Å². The van der Waals surface area contributed by atoms with Crippen molar-refractivity contribution in [2.75, 3.05) is 38.0 Å². The van der Waals surface area contributed by atoms with E-state index in [1.54, 1.807) is 7.05 Å². The lowest BCUT2D eigenvalue weighted by molar-refractivity contribution is 0.131. The third-order valence-electron chi connectivity index (χ3n) is 2.15. The summed E-state index contributed by atoms with van der Waals surface area (Å²) >= 11 is 0. The molecule has 0 saturated carbocycles. The first-order valence-electron chi connectivity index (χ1n) is 5.25. The van der Waals surface area contributed by atoms with Crippen LogP contribution in [-0.2, 0) is 4.74 Å². The molecule has 0 aliphatic carbocycles. The summed E-state index contributed by atoms with van der Waals surface area (Å²) in [5.41, 5.74) is 0.748. The number of rotatable bonds is 5. The highest BCUT2D eigenvalue weighted by atomic mass is 16.6. The molecule has 0 unspecified atom stereocenters. The van der Waals surface area contributed by atoms with Gasteiger partial charge in [0, 0.05) is 19.2 Å². The molecule has 0 aliphatic heterocycles. The number of phenolic OH excluding ortho intramolecular Hbond substituents is 1. The van der Waals surface area contributed by atoms with Crippen molar-refractivity contribution in [3.8, 4) is 11.5 Å². The molecule has 0 fully saturated rings. The maximum atomic E-state index is 11.3. The maximum absolute atomic E-state index is 11.3. The predicted octanol–water partition coefficient (Wildman–Crippen LogP) is 0.983. The van der Waals surface area contributed by atoms with Crippen LogP contribution in [0.1, 0.15) is 0 Å². The van der Waals surface area contributed by atoms with Crippen molar-refractivity contribution >= 4 is 17.5 Å². The minimum Gasteiger partial charge on any atom is -0.506 e. The van der Waals surface area contributed by atoms with Gasteiger partial charge in [0.05, 0.1) is 25.1 Å². The first kappa shape index (κ1) is 13.9. The van der Waals surface area contributed by atoms with E-state index in [1.165, 1.54) is 19.2 Å².